The number of anilines is 3. The summed E-state index contributed by atoms with van der Waals surface area (Å²) in [5, 5.41) is 6.79. The maximum atomic E-state index is 6.40. The summed E-state index contributed by atoms with van der Waals surface area (Å²) in [5.41, 5.74) is 27.5. The van der Waals surface area contributed by atoms with Crippen LogP contribution >= 0.6 is 11.7 Å². The van der Waals surface area contributed by atoms with Gasteiger partial charge in [-0.2, -0.15) is 8.75 Å². The zero-order valence-electron chi connectivity index (χ0n) is 49.5. The van der Waals surface area contributed by atoms with Crippen LogP contribution in [0.15, 0.2) is 324 Å². The number of hydrogen-bond acceptors (Lipinski definition) is 6. The number of fused-ring (bicyclic) bond motifs is 13. The summed E-state index contributed by atoms with van der Waals surface area (Å²) in [7, 11) is 0. The molecular formula is C85H52N4O2S. The lowest BCUT2D eigenvalue weighted by Gasteiger charge is -2.34. The minimum absolute atomic E-state index is 0.483. The first-order valence-corrected chi connectivity index (χ1v) is 31.9. The van der Waals surface area contributed by atoms with Crippen molar-refractivity contribution < 1.29 is 8.83 Å². The van der Waals surface area contributed by atoms with Gasteiger partial charge in [-0.1, -0.05) is 200 Å². The second kappa shape index (κ2) is 20.6. The highest BCUT2D eigenvalue weighted by atomic mass is 32.1. The standard InChI is InChI=1S/C85H52N4O2S/c1-4-16-60(17-5-1)85(61-18-6-2-7-19-61)74-25-13-10-22-66(74)67-41-32-57(50-75(67)85)53-28-37-63(38-29-53)88(62-20-8-3-9-21-62)78-47-44-65(83-84(78)87-92-86-83)54-30-39-64(40-31-54)89-76-45-35-55(58-33-42-70-68-23-11-14-26-79(68)90-81(70)51-58)48-72(76)73-49-56(36-46-77(73)89)59-34-43-71-69-24-12-15-27-80(69)91-82(71)52-59/h1-52H. The molecule has 0 saturated heterocycles. The molecule has 92 heavy (non-hydrogen) atoms. The van der Waals surface area contributed by atoms with Gasteiger partial charge < -0.3 is 18.3 Å². The van der Waals surface area contributed by atoms with Crippen molar-refractivity contribution >= 4 is 106 Å². The minimum atomic E-state index is -0.483. The van der Waals surface area contributed by atoms with Gasteiger partial charge >= 0.3 is 0 Å². The topological polar surface area (TPSA) is 60.2 Å². The average molecular weight is 1190 g/mol. The fraction of sp³-hybridized carbons (Fsp3) is 0.0118. The van der Waals surface area contributed by atoms with Crippen LogP contribution in [0.4, 0.5) is 17.1 Å². The summed E-state index contributed by atoms with van der Waals surface area (Å²) in [6.45, 7) is 0. The highest BCUT2D eigenvalue weighted by molar-refractivity contribution is 7.00. The van der Waals surface area contributed by atoms with Gasteiger partial charge in [-0.3, -0.25) is 0 Å². The zero-order chi connectivity index (χ0) is 60.4. The van der Waals surface area contributed by atoms with Crippen LogP contribution < -0.4 is 4.90 Å². The van der Waals surface area contributed by atoms with Crippen LogP contribution in [-0.2, 0) is 5.41 Å². The van der Waals surface area contributed by atoms with Gasteiger partial charge in [-0.25, -0.2) is 0 Å². The van der Waals surface area contributed by atoms with Crippen LogP contribution in [0.2, 0.25) is 0 Å². The number of furan rings is 2. The predicted molar refractivity (Wildman–Crippen MR) is 380 cm³/mol. The van der Waals surface area contributed by atoms with Gasteiger partial charge in [0.05, 0.1) is 33.9 Å². The number of benzene rings is 14. The Morgan fingerprint density at radius 3 is 1.39 bits per heavy atom. The number of rotatable bonds is 10. The predicted octanol–water partition coefficient (Wildman–Crippen LogP) is 23.1. The van der Waals surface area contributed by atoms with E-state index in [1.54, 1.807) is 0 Å². The van der Waals surface area contributed by atoms with Gasteiger partial charge in [-0.15, -0.1) is 0 Å². The summed E-state index contributed by atoms with van der Waals surface area (Å²) >= 11 is 1.25. The van der Waals surface area contributed by atoms with Crippen molar-refractivity contribution in [2.45, 2.75) is 5.41 Å². The van der Waals surface area contributed by atoms with E-state index in [4.69, 9.17) is 17.6 Å². The monoisotopic (exact) mass is 1190 g/mol. The van der Waals surface area contributed by atoms with Crippen LogP contribution in [0.5, 0.6) is 0 Å². The fourth-order valence-corrected chi connectivity index (χ4v) is 15.5. The molecule has 0 unspecified atom stereocenters. The van der Waals surface area contributed by atoms with Gasteiger partial charge in [0.15, 0.2) is 0 Å². The van der Waals surface area contributed by atoms with Gasteiger partial charge in [-0.05, 0) is 188 Å². The normalized spacial score (nSPS) is 12.7. The van der Waals surface area contributed by atoms with Gasteiger partial charge in [0.2, 0.25) is 0 Å². The lowest BCUT2D eigenvalue weighted by Crippen LogP contribution is -2.28. The van der Waals surface area contributed by atoms with E-state index in [-0.39, 0.29) is 0 Å². The molecule has 0 fully saturated rings. The minimum Gasteiger partial charge on any atom is -0.456 e. The number of nitrogens with zero attached hydrogens (tertiary/aromatic N) is 4. The maximum Gasteiger partial charge on any atom is 0.136 e. The molecule has 0 spiro atoms. The Bertz CT molecular complexity index is 5730. The van der Waals surface area contributed by atoms with Crippen molar-refractivity contribution in [1.82, 2.24) is 13.3 Å². The molecule has 0 atom stereocenters. The summed E-state index contributed by atoms with van der Waals surface area (Å²) < 4.78 is 25.3. The SMILES string of the molecule is c1ccc(N(c2ccc(-c3ccc4c(c3)C(c3ccccc3)(c3ccccc3)c3ccccc3-4)cc2)c2ccc(-c3ccc(-n4c5ccc(-c6ccc7c(c6)oc6ccccc67)cc5c5cc(-c6ccc7c(c6)oc6ccccc67)ccc54)cc3)c3nsnc23)cc1. The molecule has 14 aromatic carbocycles. The molecular weight excluding hydrogens is 1140 g/mol. The summed E-state index contributed by atoms with van der Waals surface area (Å²) in [5.74, 6) is 0. The van der Waals surface area contributed by atoms with Crippen molar-refractivity contribution in [3.05, 3.63) is 338 Å². The number of aromatic nitrogens is 3. The summed E-state index contributed by atoms with van der Waals surface area (Å²) in [4.78, 5) is 2.31. The quantitative estimate of drug-likeness (QED) is 0.137. The Balaban J connectivity index is 0.685. The van der Waals surface area contributed by atoms with E-state index >= 15 is 0 Å². The molecule has 0 aliphatic heterocycles. The van der Waals surface area contributed by atoms with Crippen molar-refractivity contribution in [3.8, 4) is 61.3 Å². The van der Waals surface area contributed by atoms with E-state index in [1.807, 2.05) is 24.3 Å². The molecule has 7 heteroatoms. The van der Waals surface area contributed by atoms with Crippen molar-refractivity contribution in [1.29, 1.82) is 0 Å². The van der Waals surface area contributed by atoms with Crippen molar-refractivity contribution in [2.75, 3.05) is 4.90 Å². The van der Waals surface area contributed by atoms with Crippen LogP contribution in [0.1, 0.15) is 22.3 Å². The van der Waals surface area contributed by atoms with Crippen molar-refractivity contribution in [2.24, 2.45) is 0 Å². The van der Waals surface area contributed by atoms with E-state index in [0.717, 1.165) is 144 Å². The number of hydrogen-bond donors (Lipinski definition) is 0. The Morgan fingerprint density at radius 1 is 0.304 bits per heavy atom. The first-order chi connectivity index (χ1) is 45.6. The Hall–Kier alpha value is -11.9. The Morgan fingerprint density at radius 2 is 0.761 bits per heavy atom. The van der Waals surface area contributed by atoms with E-state index in [9.17, 15) is 0 Å². The molecule has 1 aliphatic carbocycles. The first-order valence-electron chi connectivity index (χ1n) is 31.2. The van der Waals surface area contributed by atoms with E-state index < -0.39 is 5.41 Å². The largest absolute Gasteiger partial charge is 0.456 e. The smallest absolute Gasteiger partial charge is 0.136 e. The molecule has 19 rings (SSSR count). The molecule has 4 heterocycles. The van der Waals surface area contributed by atoms with Crippen molar-refractivity contribution in [3.63, 3.8) is 0 Å². The molecule has 18 aromatic rings. The highest BCUT2D eigenvalue weighted by Crippen LogP contribution is 2.57. The second-order valence-electron chi connectivity index (χ2n) is 24.1. The van der Waals surface area contributed by atoms with E-state index in [2.05, 4.69) is 301 Å². The Kier molecular flexibility index (Phi) is 11.7. The summed E-state index contributed by atoms with van der Waals surface area (Å²) in [6, 6.07) is 114. The lowest BCUT2D eigenvalue weighted by atomic mass is 9.67. The second-order valence-corrected chi connectivity index (χ2v) is 24.6. The van der Waals surface area contributed by atoms with Crippen LogP contribution in [0.25, 0.3) is 138 Å². The van der Waals surface area contributed by atoms with Crippen LogP contribution in [0, 0.1) is 0 Å². The molecule has 0 amide bonds. The van der Waals surface area contributed by atoms with Gasteiger partial charge in [0.1, 0.15) is 33.4 Å². The highest BCUT2D eigenvalue weighted by Gasteiger charge is 2.46. The van der Waals surface area contributed by atoms with E-state index in [1.165, 1.54) is 45.1 Å². The molecule has 4 aromatic heterocycles. The molecule has 0 bridgehead atoms. The van der Waals surface area contributed by atoms with Gasteiger partial charge in [0.25, 0.3) is 0 Å². The molecule has 0 radical (unpaired) electrons. The third-order valence-corrected chi connectivity index (χ3v) is 19.7. The molecule has 0 saturated carbocycles. The molecule has 1 aliphatic rings. The summed E-state index contributed by atoms with van der Waals surface area (Å²) in [6.07, 6.45) is 0. The van der Waals surface area contributed by atoms with Crippen LogP contribution in [-0.4, -0.2) is 13.3 Å². The molecule has 430 valence electrons. The van der Waals surface area contributed by atoms with Gasteiger partial charge in [0, 0.05) is 54.9 Å². The Labute approximate surface area is 533 Å². The lowest BCUT2D eigenvalue weighted by molar-refractivity contribution is 0.668. The third kappa shape index (κ3) is 7.99. The number of para-hydroxylation sites is 3. The maximum absolute atomic E-state index is 6.40. The van der Waals surface area contributed by atoms with E-state index in [0.29, 0.717) is 0 Å². The molecule has 0 N–H and O–H groups in total. The third-order valence-electron chi connectivity index (χ3n) is 19.2. The average Bonchev–Trinajstić information content (AvgIpc) is 1.52. The first kappa shape index (κ1) is 52.1. The zero-order valence-corrected chi connectivity index (χ0v) is 50.4. The fourth-order valence-electron chi connectivity index (χ4n) is 15.0. The van der Waals surface area contributed by atoms with Crippen LogP contribution in [0.3, 0.4) is 0 Å². The molecule has 6 nitrogen and oxygen atoms in total.